The van der Waals surface area contributed by atoms with Crippen molar-refractivity contribution in [1.29, 1.82) is 0 Å². The summed E-state index contributed by atoms with van der Waals surface area (Å²) in [5.41, 5.74) is 1.33. The summed E-state index contributed by atoms with van der Waals surface area (Å²) in [5, 5.41) is 0. The first-order valence-electron chi connectivity index (χ1n) is 10.2. The fourth-order valence-corrected chi connectivity index (χ4v) is 4.42. The van der Waals surface area contributed by atoms with Gasteiger partial charge in [-0.2, -0.15) is 0 Å². The number of rotatable bonds is 7. The van der Waals surface area contributed by atoms with Crippen LogP contribution in [0.5, 0.6) is 0 Å². The van der Waals surface area contributed by atoms with Crippen molar-refractivity contribution in [3.63, 3.8) is 0 Å². The fraction of sp³-hybridized carbons (Fsp3) is 0.682. The molecule has 0 N–H and O–H groups in total. The molecule has 0 bridgehead atoms. The van der Waals surface area contributed by atoms with E-state index >= 15 is 0 Å². The highest BCUT2D eigenvalue weighted by molar-refractivity contribution is 5.76. The lowest BCUT2D eigenvalue weighted by Gasteiger charge is -2.46. The highest BCUT2D eigenvalue weighted by atomic mass is 16.5. The molecular formula is C22H33NO3. The van der Waals surface area contributed by atoms with Crippen LogP contribution in [0.3, 0.4) is 0 Å². The lowest BCUT2D eigenvalue weighted by atomic mass is 9.78. The maximum Gasteiger partial charge on any atom is 0.222 e. The summed E-state index contributed by atoms with van der Waals surface area (Å²) in [5.74, 6) is 1.01. The first-order valence-corrected chi connectivity index (χ1v) is 10.2. The standard InChI is InChI=1S/C22H33NO3/c1-25-16-10-20-11-17-26-22(18-20)12-14-23(15-13-22)21(24)9-5-8-19-6-3-2-4-7-19/h2-4,6-7,20H,5,8-18H2,1H3. The molecule has 144 valence electrons. The van der Waals surface area contributed by atoms with Crippen LogP contribution in [-0.4, -0.2) is 49.8 Å². The number of ether oxygens (including phenoxy) is 2. The molecule has 2 aliphatic heterocycles. The molecule has 1 spiro atoms. The van der Waals surface area contributed by atoms with Crippen molar-refractivity contribution in [3.05, 3.63) is 35.9 Å². The zero-order valence-electron chi connectivity index (χ0n) is 16.1. The number of amides is 1. The van der Waals surface area contributed by atoms with E-state index in [9.17, 15) is 4.79 Å². The molecule has 2 fully saturated rings. The number of piperidine rings is 1. The average Bonchev–Trinajstić information content (AvgIpc) is 2.68. The van der Waals surface area contributed by atoms with Gasteiger partial charge in [-0.15, -0.1) is 0 Å². The molecule has 1 unspecified atom stereocenters. The SMILES string of the molecule is COCCC1CCOC2(CCN(C(=O)CCCc3ccccc3)CC2)C1. The Bertz CT molecular complexity index is 552. The van der Waals surface area contributed by atoms with Gasteiger partial charge in [-0.05, 0) is 56.4 Å². The Labute approximate surface area is 157 Å². The minimum atomic E-state index is 0.0114. The highest BCUT2D eigenvalue weighted by Crippen LogP contribution is 2.38. The molecule has 1 aromatic carbocycles. The Morgan fingerprint density at radius 1 is 1.27 bits per heavy atom. The van der Waals surface area contributed by atoms with Crippen LogP contribution < -0.4 is 0 Å². The number of benzene rings is 1. The van der Waals surface area contributed by atoms with E-state index in [0.717, 1.165) is 71.2 Å². The van der Waals surface area contributed by atoms with E-state index in [1.54, 1.807) is 7.11 Å². The van der Waals surface area contributed by atoms with Gasteiger partial charge in [0.15, 0.2) is 0 Å². The third-order valence-electron chi connectivity index (χ3n) is 6.05. The predicted octanol–water partition coefficient (Wildman–Crippen LogP) is 3.83. The molecule has 3 rings (SSSR count). The molecule has 1 amide bonds. The van der Waals surface area contributed by atoms with Crippen LogP contribution in [-0.2, 0) is 20.7 Å². The second-order valence-corrected chi connectivity index (χ2v) is 7.89. The second kappa shape index (κ2) is 9.52. The summed E-state index contributed by atoms with van der Waals surface area (Å²) in [7, 11) is 1.77. The molecular weight excluding hydrogens is 326 g/mol. The molecule has 0 radical (unpaired) electrons. The molecule has 2 saturated heterocycles. The lowest BCUT2D eigenvalue weighted by Crippen LogP contribution is -2.50. The maximum absolute atomic E-state index is 12.5. The third kappa shape index (κ3) is 5.31. The van der Waals surface area contributed by atoms with Crippen molar-refractivity contribution >= 4 is 5.91 Å². The van der Waals surface area contributed by atoms with Crippen molar-refractivity contribution in [2.24, 2.45) is 5.92 Å². The zero-order valence-corrected chi connectivity index (χ0v) is 16.1. The van der Waals surface area contributed by atoms with Crippen LogP contribution in [0.25, 0.3) is 0 Å². The van der Waals surface area contributed by atoms with Crippen LogP contribution in [0, 0.1) is 5.92 Å². The van der Waals surface area contributed by atoms with Gasteiger partial charge in [0.25, 0.3) is 0 Å². The largest absolute Gasteiger partial charge is 0.385 e. The van der Waals surface area contributed by atoms with E-state index in [1.807, 2.05) is 6.07 Å². The molecule has 0 aromatic heterocycles. The number of methoxy groups -OCH3 is 1. The normalized spacial score (nSPS) is 22.5. The molecule has 2 heterocycles. The van der Waals surface area contributed by atoms with E-state index in [4.69, 9.17) is 9.47 Å². The molecule has 1 atom stereocenters. The predicted molar refractivity (Wildman–Crippen MR) is 103 cm³/mol. The van der Waals surface area contributed by atoms with Crippen LogP contribution >= 0.6 is 0 Å². The minimum absolute atomic E-state index is 0.0114. The van der Waals surface area contributed by atoms with Gasteiger partial charge in [0.1, 0.15) is 0 Å². The molecule has 26 heavy (non-hydrogen) atoms. The van der Waals surface area contributed by atoms with E-state index in [-0.39, 0.29) is 5.60 Å². The van der Waals surface area contributed by atoms with Crippen molar-refractivity contribution in [2.75, 3.05) is 33.4 Å². The molecule has 4 heteroatoms. The zero-order chi connectivity index (χ0) is 18.2. The highest BCUT2D eigenvalue weighted by Gasteiger charge is 2.40. The first kappa shape index (κ1) is 19.4. The van der Waals surface area contributed by atoms with Crippen LogP contribution in [0.15, 0.2) is 30.3 Å². The van der Waals surface area contributed by atoms with Gasteiger partial charge in [0, 0.05) is 39.8 Å². The Morgan fingerprint density at radius 2 is 2.04 bits per heavy atom. The van der Waals surface area contributed by atoms with Crippen molar-refractivity contribution in [1.82, 2.24) is 4.90 Å². The van der Waals surface area contributed by atoms with E-state index in [1.165, 1.54) is 5.56 Å². The van der Waals surface area contributed by atoms with Gasteiger partial charge in [-0.25, -0.2) is 0 Å². The Morgan fingerprint density at radius 3 is 2.77 bits per heavy atom. The molecule has 1 aromatic rings. The number of likely N-dealkylation sites (tertiary alicyclic amines) is 1. The average molecular weight is 360 g/mol. The number of carbonyl (C=O) groups excluding carboxylic acids is 1. The van der Waals surface area contributed by atoms with Gasteiger partial charge >= 0.3 is 0 Å². The molecule has 2 aliphatic rings. The smallest absolute Gasteiger partial charge is 0.222 e. The van der Waals surface area contributed by atoms with Gasteiger partial charge < -0.3 is 14.4 Å². The second-order valence-electron chi connectivity index (χ2n) is 7.89. The van der Waals surface area contributed by atoms with Gasteiger partial charge in [-0.1, -0.05) is 30.3 Å². The Kier molecular flexibility index (Phi) is 7.09. The summed E-state index contributed by atoms with van der Waals surface area (Å²) in [4.78, 5) is 14.6. The fourth-order valence-electron chi connectivity index (χ4n) is 4.42. The number of hydrogen-bond acceptors (Lipinski definition) is 3. The van der Waals surface area contributed by atoms with E-state index in [2.05, 4.69) is 29.2 Å². The van der Waals surface area contributed by atoms with Crippen molar-refractivity contribution in [2.45, 2.75) is 57.0 Å². The quantitative estimate of drug-likeness (QED) is 0.743. The monoisotopic (exact) mass is 359 g/mol. The van der Waals surface area contributed by atoms with Crippen molar-refractivity contribution < 1.29 is 14.3 Å². The Hall–Kier alpha value is -1.39. The number of carbonyl (C=O) groups is 1. The van der Waals surface area contributed by atoms with Crippen LogP contribution in [0.2, 0.25) is 0 Å². The third-order valence-corrected chi connectivity index (χ3v) is 6.05. The van der Waals surface area contributed by atoms with Crippen molar-refractivity contribution in [3.8, 4) is 0 Å². The summed E-state index contributed by atoms with van der Waals surface area (Å²) >= 11 is 0. The van der Waals surface area contributed by atoms with Gasteiger partial charge in [0.05, 0.1) is 5.60 Å². The van der Waals surface area contributed by atoms with Crippen LogP contribution in [0.1, 0.15) is 50.5 Å². The number of aryl methyl sites for hydroxylation is 1. The van der Waals surface area contributed by atoms with E-state index in [0.29, 0.717) is 18.2 Å². The summed E-state index contributed by atoms with van der Waals surface area (Å²) in [6, 6.07) is 10.4. The maximum atomic E-state index is 12.5. The number of nitrogens with zero attached hydrogens (tertiary/aromatic N) is 1. The number of hydrogen-bond donors (Lipinski definition) is 0. The lowest BCUT2D eigenvalue weighted by molar-refractivity contribution is -0.148. The first-order chi connectivity index (χ1) is 12.7. The molecule has 0 saturated carbocycles. The molecule has 0 aliphatic carbocycles. The summed E-state index contributed by atoms with van der Waals surface area (Å²) in [6.07, 6.45) is 7.94. The minimum Gasteiger partial charge on any atom is -0.385 e. The van der Waals surface area contributed by atoms with Crippen LogP contribution in [0.4, 0.5) is 0 Å². The Balaban J connectivity index is 1.40. The summed E-state index contributed by atoms with van der Waals surface area (Å²) < 4.78 is 11.4. The topological polar surface area (TPSA) is 38.8 Å². The van der Waals surface area contributed by atoms with E-state index < -0.39 is 0 Å². The van der Waals surface area contributed by atoms with Gasteiger partial charge in [-0.3, -0.25) is 4.79 Å². The molecule has 4 nitrogen and oxygen atoms in total. The van der Waals surface area contributed by atoms with Gasteiger partial charge in [0.2, 0.25) is 5.91 Å². The summed E-state index contributed by atoms with van der Waals surface area (Å²) in [6.45, 7) is 3.40.